The first-order valence-electron chi connectivity index (χ1n) is 8.90. The highest BCUT2D eigenvalue weighted by Crippen LogP contribution is 2.21. The van der Waals surface area contributed by atoms with Crippen molar-refractivity contribution in [3.05, 3.63) is 58.1 Å². The highest BCUT2D eigenvalue weighted by Gasteiger charge is 2.10. The van der Waals surface area contributed by atoms with Crippen molar-refractivity contribution in [2.75, 3.05) is 26.9 Å². The van der Waals surface area contributed by atoms with Gasteiger partial charge in [0.2, 0.25) is 0 Å². The third kappa shape index (κ3) is 7.97. The summed E-state index contributed by atoms with van der Waals surface area (Å²) >= 11 is 8.38. The molecular weight excluding hydrogens is 474 g/mol. The average molecular weight is 496 g/mol. The number of hydrogen-bond acceptors (Lipinski definition) is 6. The molecule has 8 nitrogen and oxygen atoms in total. The van der Waals surface area contributed by atoms with Gasteiger partial charge in [-0.25, -0.2) is 0 Å². The van der Waals surface area contributed by atoms with Crippen LogP contribution in [0.2, 0.25) is 0 Å². The maximum Gasteiger partial charge on any atom is 0.276 e. The third-order valence-corrected chi connectivity index (χ3v) is 4.41. The Morgan fingerprint density at radius 3 is 2.43 bits per heavy atom. The van der Waals surface area contributed by atoms with Crippen LogP contribution in [-0.4, -0.2) is 43.9 Å². The predicted octanol–water partition coefficient (Wildman–Crippen LogP) is 2.50. The number of carbonyl (C=O) groups excluding carboxylic acids is 2. The fourth-order valence-corrected chi connectivity index (χ4v) is 2.85. The lowest BCUT2D eigenvalue weighted by Gasteiger charge is -2.12. The van der Waals surface area contributed by atoms with E-state index in [0.29, 0.717) is 30.3 Å². The molecule has 0 bridgehead atoms. The zero-order chi connectivity index (χ0) is 21.9. The molecule has 0 saturated carbocycles. The standard InChI is InChI=1S/C20H22BrN3O5S/c1-13-11-15(21)5-8-17(13)29-12-18(25)23-24-20(30)22-19(26)14-3-6-16(7-4-14)28-10-9-27-2/h3-8,11H,9-10,12H2,1-2H3,(H,23,25)(H2,22,24,26,30). The number of thiocarbonyl (C=S) groups is 1. The Hall–Kier alpha value is -2.69. The smallest absolute Gasteiger partial charge is 0.276 e. The number of amides is 2. The Labute approximate surface area is 188 Å². The highest BCUT2D eigenvalue weighted by molar-refractivity contribution is 9.10. The van der Waals surface area contributed by atoms with Crippen molar-refractivity contribution >= 4 is 45.1 Å². The van der Waals surface area contributed by atoms with Gasteiger partial charge >= 0.3 is 0 Å². The number of carbonyl (C=O) groups is 2. The molecule has 3 N–H and O–H groups in total. The second-order valence-electron chi connectivity index (χ2n) is 6.02. The first-order valence-corrected chi connectivity index (χ1v) is 10.1. The van der Waals surface area contributed by atoms with Gasteiger partial charge in [0, 0.05) is 17.1 Å². The van der Waals surface area contributed by atoms with E-state index in [-0.39, 0.29) is 11.7 Å². The van der Waals surface area contributed by atoms with E-state index in [2.05, 4.69) is 32.1 Å². The highest BCUT2D eigenvalue weighted by atomic mass is 79.9. The molecule has 0 aromatic heterocycles. The fraction of sp³-hybridized carbons (Fsp3) is 0.250. The number of nitrogens with one attached hydrogen (secondary N) is 3. The number of rotatable bonds is 8. The van der Waals surface area contributed by atoms with Crippen LogP contribution >= 0.6 is 28.1 Å². The van der Waals surface area contributed by atoms with Gasteiger partial charge in [-0.3, -0.25) is 25.8 Å². The molecule has 0 heterocycles. The molecule has 160 valence electrons. The lowest BCUT2D eigenvalue weighted by molar-refractivity contribution is -0.123. The lowest BCUT2D eigenvalue weighted by Crippen LogP contribution is -2.49. The minimum Gasteiger partial charge on any atom is -0.491 e. The normalized spacial score (nSPS) is 10.1. The van der Waals surface area contributed by atoms with Gasteiger partial charge in [0.25, 0.3) is 11.8 Å². The molecule has 10 heteroatoms. The van der Waals surface area contributed by atoms with Crippen molar-refractivity contribution in [1.29, 1.82) is 0 Å². The van der Waals surface area contributed by atoms with Crippen molar-refractivity contribution in [2.24, 2.45) is 0 Å². The van der Waals surface area contributed by atoms with E-state index in [1.807, 2.05) is 19.1 Å². The van der Waals surface area contributed by atoms with E-state index in [1.54, 1.807) is 37.4 Å². The summed E-state index contributed by atoms with van der Waals surface area (Å²) in [5.74, 6) is 0.342. The summed E-state index contributed by atoms with van der Waals surface area (Å²) in [6.07, 6.45) is 0. The average Bonchev–Trinajstić information content (AvgIpc) is 2.72. The number of hydrazine groups is 1. The zero-order valence-electron chi connectivity index (χ0n) is 16.5. The third-order valence-electron chi connectivity index (χ3n) is 3.71. The number of methoxy groups -OCH3 is 1. The van der Waals surface area contributed by atoms with Gasteiger partial charge in [-0.15, -0.1) is 0 Å². The van der Waals surface area contributed by atoms with Gasteiger partial charge in [0.05, 0.1) is 6.61 Å². The maximum absolute atomic E-state index is 12.2. The lowest BCUT2D eigenvalue weighted by atomic mass is 10.2. The molecule has 0 aliphatic heterocycles. The van der Waals surface area contributed by atoms with Crippen molar-refractivity contribution in [2.45, 2.75) is 6.92 Å². The van der Waals surface area contributed by atoms with Gasteiger partial charge in [-0.2, -0.15) is 0 Å². The van der Waals surface area contributed by atoms with E-state index in [1.165, 1.54) is 0 Å². The van der Waals surface area contributed by atoms with Crippen LogP contribution in [0.4, 0.5) is 0 Å². The Morgan fingerprint density at radius 2 is 1.77 bits per heavy atom. The van der Waals surface area contributed by atoms with Crippen LogP contribution in [0, 0.1) is 6.92 Å². The largest absolute Gasteiger partial charge is 0.491 e. The molecule has 0 radical (unpaired) electrons. The summed E-state index contributed by atoms with van der Waals surface area (Å²) in [5, 5.41) is 2.42. The van der Waals surface area contributed by atoms with E-state index in [0.717, 1.165) is 10.0 Å². The van der Waals surface area contributed by atoms with Gasteiger partial charge in [0.15, 0.2) is 11.7 Å². The second-order valence-corrected chi connectivity index (χ2v) is 7.34. The van der Waals surface area contributed by atoms with Crippen LogP contribution in [0.15, 0.2) is 46.9 Å². The van der Waals surface area contributed by atoms with Gasteiger partial charge < -0.3 is 14.2 Å². The summed E-state index contributed by atoms with van der Waals surface area (Å²) in [4.78, 5) is 24.1. The monoisotopic (exact) mass is 495 g/mol. The molecule has 0 spiro atoms. The van der Waals surface area contributed by atoms with Crippen LogP contribution in [0.3, 0.4) is 0 Å². The summed E-state index contributed by atoms with van der Waals surface area (Å²) in [7, 11) is 1.59. The van der Waals surface area contributed by atoms with Crippen LogP contribution in [0.25, 0.3) is 0 Å². The SMILES string of the molecule is COCCOc1ccc(C(=O)NC(=S)NNC(=O)COc2ccc(Br)cc2C)cc1. The Balaban J connectivity index is 1.72. The minimum atomic E-state index is -0.452. The molecule has 2 aromatic carbocycles. The van der Waals surface area contributed by atoms with Gasteiger partial charge in [0.1, 0.15) is 18.1 Å². The fourth-order valence-electron chi connectivity index (χ4n) is 2.23. The molecule has 0 aliphatic rings. The number of halogens is 1. The Kier molecular flexibility index (Phi) is 9.52. The summed E-state index contributed by atoms with van der Waals surface area (Å²) in [6, 6.07) is 12.0. The van der Waals surface area contributed by atoms with Crippen LogP contribution in [0.1, 0.15) is 15.9 Å². The van der Waals surface area contributed by atoms with E-state index < -0.39 is 11.8 Å². The van der Waals surface area contributed by atoms with Crippen molar-refractivity contribution in [3.63, 3.8) is 0 Å². The van der Waals surface area contributed by atoms with E-state index in [4.69, 9.17) is 26.4 Å². The first kappa shape index (κ1) is 23.6. The molecule has 2 amide bonds. The minimum absolute atomic E-state index is 0.0476. The van der Waals surface area contributed by atoms with Crippen molar-refractivity contribution in [3.8, 4) is 11.5 Å². The number of hydrogen-bond donors (Lipinski definition) is 3. The number of benzene rings is 2. The molecule has 0 unspecified atom stereocenters. The Morgan fingerprint density at radius 1 is 1.03 bits per heavy atom. The molecule has 2 aromatic rings. The molecule has 0 fully saturated rings. The van der Waals surface area contributed by atoms with E-state index in [9.17, 15) is 9.59 Å². The van der Waals surface area contributed by atoms with Crippen molar-refractivity contribution in [1.82, 2.24) is 16.2 Å². The van der Waals surface area contributed by atoms with E-state index >= 15 is 0 Å². The maximum atomic E-state index is 12.2. The topological polar surface area (TPSA) is 97.9 Å². The second kappa shape index (κ2) is 12.1. The Bertz CT molecular complexity index is 893. The van der Waals surface area contributed by atoms with Crippen molar-refractivity contribution < 1.29 is 23.8 Å². The summed E-state index contributed by atoms with van der Waals surface area (Å²) < 4.78 is 16.7. The quantitative estimate of drug-likeness (QED) is 0.294. The van der Waals surface area contributed by atoms with Crippen LogP contribution in [-0.2, 0) is 9.53 Å². The molecule has 0 saturated heterocycles. The molecule has 0 aliphatic carbocycles. The summed E-state index contributed by atoms with van der Waals surface area (Å²) in [5.41, 5.74) is 6.11. The van der Waals surface area contributed by atoms with Gasteiger partial charge in [-0.1, -0.05) is 15.9 Å². The van der Waals surface area contributed by atoms with Crippen LogP contribution < -0.4 is 25.6 Å². The van der Waals surface area contributed by atoms with Gasteiger partial charge in [-0.05, 0) is 67.2 Å². The first-order chi connectivity index (χ1) is 14.4. The predicted molar refractivity (Wildman–Crippen MR) is 120 cm³/mol. The zero-order valence-corrected chi connectivity index (χ0v) is 18.9. The summed E-state index contributed by atoms with van der Waals surface area (Å²) in [6.45, 7) is 2.55. The molecule has 0 atom stereocenters. The molecule has 30 heavy (non-hydrogen) atoms. The number of aryl methyl sites for hydroxylation is 1. The molecule has 2 rings (SSSR count). The van der Waals surface area contributed by atoms with Crippen LogP contribution in [0.5, 0.6) is 11.5 Å². The molecular formula is C20H22BrN3O5S. The number of ether oxygens (including phenoxy) is 3.